The van der Waals surface area contributed by atoms with Gasteiger partial charge in [0.25, 0.3) is 5.91 Å². The predicted octanol–water partition coefficient (Wildman–Crippen LogP) is 2.23. The number of anilines is 1. The number of halogens is 1. The fourth-order valence-corrected chi connectivity index (χ4v) is 3.00. The maximum atomic E-state index is 13.2. The third kappa shape index (κ3) is 5.04. The van der Waals surface area contributed by atoms with E-state index in [2.05, 4.69) is 5.32 Å². The Morgan fingerprint density at radius 2 is 1.78 bits per heavy atom. The first-order valence-corrected chi connectivity index (χ1v) is 8.76. The van der Waals surface area contributed by atoms with Crippen LogP contribution in [0.15, 0.2) is 48.5 Å². The summed E-state index contributed by atoms with van der Waals surface area (Å²) >= 11 is 0. The molecule has 1 saturated heterocycles. The van der Waals surface area contributed by atoms with Crippen LogP contribution in [0.25, 0.3) is 0 Å². The van der Waals surface area contributed by atoms with Crippen molar-refractivity contribution in [3.63, 3.8) is 0 Å². The lowest BCUT2D eigenvalue weighted by molar-refractivity contribution is -0.117. The van der Waals surface area contributed by atoms with Crippen molar-refractivity contribution < 1.29 is 18.7 Å². The number of carbonyl (C=O) groups excluding carboxylic acids is 2. The summed E-state index contributed by atoms with van der Waals surface area (Å²) in [5, 5.41) is 2.69. The van der Waals surface area contributed by atoms with Crippen molar-refractivity contribution in [3.8, 4) is 5.75 Å². The number of nitrogens with zero attached hydrogens (tertiary/aromatic N) is 2. The Hall–Kier alpha value is -2.93. The van der Waals surface area contributed by atoms with Gasteiger partial charge in [-0.25, -0.2) is 4.39 Å². The van der Waals surface area contributed by atoms with Crippen molar-refractivity contribution in [1.29, 1.82) is 0 Å². The molecule has 1 N–H and O–H groups in total. The maximum absolute atomic E-state index is 13.2. The number of ether oxygens (including phenoxy) is 1. The zero-order valence-corrected chi connectivity index (χ0v) is 15.2. The van der Waals surface area contributed by atoms with Crippen LogP contribution in [0.5, 0.6) is 5.75 Å². The standard InChI is InChI=1S/C20H22FN3O3/c1-27-18-7-5-15(6-8-18)20(26)24-11-9-23(10-12-24)14-19(25)22-17-4-2-3-16(21)13-17/h2-8,13H,9-12,14H2,1H3,(H,22,25). The molecule has 1 aliphatic heterocycles. The van der Waals surface area contributed by atoms with Crippen LogP contribution in [0.4, 0.5) is 10.1 Å². The molecule has 27 heavy (non-hydrogen) atoms. The molecule has 0 radical (unpaired) electrons. The second-order valence-electron chi connectivity index (χ2n) is 6.36. The molecule has 0 atom stereocenters. The van der Waals surface area contributed by atoms with Crippen LogP contribution in [0.2, 0.25) is 0 Å². The Labute approximate surface area is 157 Å². The van der Waals surface area contributed by atoms with Gasteiger partial charge in [0, 0.05) is 37.4 Å². The van der Waals surface area contributed by atoms with Crippen molar-refractivity contribution in [3.05, 3.63) is 59.9 Å². The highest BCUT2D eigenvalue weighted by atomic mass is 19.1. The molecule has 0 aromatic heterocycles. The summed E-state index contributed by atoms with van der Waals surface area (Å²) < 4.78 is 18.3. The van der Waals surface area contributed by atoms with Gasteiger partial charge in [0.05, 0.1) is 13.7 Å². The van der Waals surface area contributed by atoms with E-state index in [0.717, 1.165) is 0 Å². The lowest BCUT2D eigenvalue weighted by Gasteiger charge is -2.34. The van der Waals surface area contributed by atoms with E-state index in [1.165, 1.54) is 12.1 Å². The molecular formula is C20H22FN3O3. The molecule has 0 bridgehead atoms. The van der Waals surface area contributed by atoms with Crippen LogP contribution in [-0.2, 0) is 4.79 Å². The van der Waals surface area contributed by atoms with Crippen LogP contribution in [-0.4, -0.2) is 61.4 Å². The summed E-state index contributed by atoms with van der Waals surface area (Å²) in [5.74, 6) is 0.0937. The van der Waals surface area contributed by atoms with Crippen LogP contribution in [0, 0.1) is 5.82 Å². The summed E-state index contributed by atoms with van der Waals surface area (Å²) in [6.07, 6.45) is 0. The minimum atomic E-state index is -0.390. The minimum Gasteiger partial charge on any atom is -0.497 e. The minimum absolute atomic E-state index is 0.0264. The third-order valence-corrected chi connectivity index (χ3v) is 4.47. The van der Waals surface area contributed by atoms with Gasteiger partial charge in [-0.05, 0) is 42.5 Å². The van der Waals surface area contributed by atoms with Crippen LogP contribution >= 0.6 is 0 Å². The molecule has 1 fully saturated rings. The molecule has 0 unspecified atom stereocenters. The molecule has 1 heterocycles. The number of methoxy groups -OCH3 is 1. The summed E-state index contributed by atoms with van der Waals surface area (Å²) in [6.45, 7) is 2.54. The highest BCUT2D eigenvalue weighted by molar-refractivity contribution is 5.94. The van der Waals surface area contributed by atoms with Crippen molar-refractivity contribution in [1.82, 2.24) is 9.80 Å². The number of nitrogens with one attached hydrogen (secondary N) is 1. The highest BCUT2D eigenvalue weighted by Gasteiger charge is 2.23. The molecule has 0 spiro atoms. The van der Waals surface area contributed by atoms with Crippen molar-refractivity contribution >= 4 is 17.5 Å². The molecule has 2 aromatic carbocycles. The molecule has 7 heteroatoms. The Balaban J connectivity index is 1.48. The van der Waals surface area contributed by atoms with E-state index in [1.807, 2.05) is 4.90 Å². The van der Waals surface area contributed by atoms with Crippen molar-refractivity contribution in [2.75, 3.05) is 45.2 Å². The number of amides is 2. The number of benzene rings is 2. The zero-order valence-electron chi connectivity index (χ0n) is 15.2. The number of carbonyl (C=O) groups is 2. The Bertz CT molecular complexity index is 802. The average Bonchev–Trinajstić information content (AvgIpc) is 2.68. The average molecular weight is 371 g/mol. The lowest BCUT2D eigenvalue weighted by Crippen LogP contribution is -2.50. The topological polar surface area (TPSA) is 61.9 Å². The molecule has 1 aliphatic rings. The van der Waals surface area contributed by atoms with E-state index < -0.39 is 5.82 Å². The molecule has 142 valence electrons. The predicted molar refractivity (Wildman–Crippen MR) is 100 cm³/mol. The van der Waals surface area contributed by atoms with E-state index in [-0.39, 0.29) is 18.4 Å². The molecular weight excluding hydrogens is 349 g/mol. The SMILES string of the molecule is COc1ccc(C(=O)N2CCN(CC(=O)Nc3cccc(F)c3)CC2)cc1. The number of hydrogen-bond donors (Lipinski definition) is 1. The van der Waals surface area contributed by atoms with Crippen LogP contribution in [0.3, 0.4) is 0 Å². The van der Waals surface area contributed by atoms with E-state index in [0.29, 0.717) is 43.2 Å². The van der Waals surface area contributed by atoms with Gasteiger partial charge < -0.3 is 15.0 Å². The fourth-order valence-electron chi connectivity index (χ4n) is 3.00. The molecule has 3 rings (SSSR count). The number of rotatable bonds is 5. The monoisotopic (exact) mass is 371 g/mol. The first-order chi connectivity index (χ1) is 13.0. The maximum Gasteiger partial charge on any atom is 0.253 e. The van der Waals surface area contributed by atoms with Crippen LogP contribution < -0.4 is 10.1 Å². The van der Waals surface area contributed by atoms with Gasteiger partial charge in [-0.2, -0.15) is 0 Å². The lowest BCUT2D eigenvalue weighted by atomic mass is 10.1. The fraction of sp³-hybridized carbons (Fsp3) is 0.300. The molecule has 0 aliphatic carbocycles. The Morgan fingerprint density at radius 1 is 1.07 bits per heavy atom. The van der Waals surface area contributed by atoms with E-state index in [9.17, 15) is 14.0 Å². The third-order valence-electron chi connectivity index (χ3n) is 4.47. The molecule has 0 saturated carbocycles. The van der Waals surface area contributed by atoms with Crippen molar-refractivity contribution in [2.45, 2.75) is 0 Å². The van der Waals surface area contributed by atoms with Gasteiger partial charge in [-0.3, -0.25) is 14.5 Å². The summed E-state index contributed by atoms with van der Waals surface area (Å²) in [7, 11) is 1.58. The highest BCUT2D eigenvalue weighted by Crippen LogP contribution is 2.14. The molecule has 2 amide bonds. The van der Waals surface area contributed by atoms with E-state index in [1.54, 1.807) is 48.4 Å². The number of hydrogen-bond acceptors (Lipinski definition) is 4. The summed E-state index contributed by atoms with van der Waals surface area (Å²) in [4.78, 5) is 28.4. The molecule has 6 nitrogen and oxygen atoms in total. The van der Waals surface area contributed by atoms with Gasteiger partial charge in [0.2, 0.25) is 5.91 Å². The van der Waals surface area contributed by atoms with Gasteiger partial charge >= 0.3 is 0 Å². The summed E-state index contributed by atoms with van der Waals surface area (Å²) in [5.41, 5.74) is 1.06. The second kappa shape index (κ2) is 8.64. The normalized spacial score (nSPS) is 14.7. The van der Waals surface area contributed by atoms with Crippen molar-refractivity contribution in [2.24, 2.45) is 0 Å². The second-order valence-corrected chi connectivity index (χ2v) is 6.36. The zero-order chi connectivity index (χ0) is 19.2. The Morgan fingerprint density at radius 3 is 2.41 bits per heavy atom. The first kappa shape index (κ1) is 18.8. The van der Waals surface area contributed by atoms with Gasteiger partial charge in [0.15, 0.2) is 0 Å². The quantitative estimate of drug-likeness (QED) is 0.876. The van der Waals surface area contributed by atoms with Gasteiger partial charge in [-0.15, -0.1) is 0 Å². The molecule has 2 aromatic rings. The number of piperazine rings is 1. The van der Waals surface area contributed by atoms with E-state index in [4.69, 9.17) is 4.74 Å². The van der Waals surface area contributed by atoms with E-state index >= 15 is 0 Å². The largest absolute Gasteiger partial charge is 0.497 e. The van der Waals surface area contributed by atoms with Crippen LogP contribution in [0.1, 0.15) is 10.4 Å². The summed E-state index contributed by atoms with van der Waals surface area (Å²) in [6, 6.07) is 12.8. The Kier molecular flexibility index (Phi) is 6.03. The first-order valence-electron chi connectivity index (χ1n) is 8.76. The smallest absolute Gasteiger partial charge is 0.253 e. The van der Waals surface area contributed by atoms with Gasteiger partial charge in [0.1, 0.15) is 11.6 Å². The van der Waals surface area contributed by atoms with Gasteiger partial charge in [-0.1, -0.05) is 6.07 Å².